The van der Waals surface area contributed by atoms with Crippen LogP contribution in [0.5, 0.6) is 5.75 Å². The number of nitrogens with one attached hydrogen (secondary N) is 1. The Bertz CT molecular complexity index is 610. The number of hydrogen-bond donors (Lipinski definition) is 1. The largest absolute Gasteiger partial charge is 0.489 e. The van der Waals surface area contributed by atoms with Crippen molar-refractivity contribution in [2.75, 3.05) is 32.7 Å². The van der Waals surface area contributed by atoms with E-state index < -0.39 is 0 Å². The average molecular weight is 361 g/mol. The van der Waals surface area contributed by atoms with E-state index in [1.807, 2.05) is 4.90 Å². The van der Waals surface area contributed by atoms with E-state index in [4.69, 9.17) is 4.74 Å². The molecule has 0 bridgehead atoms. The Morgan fingerprint density at radius 1 is 1.08 bits per heavy atom. The van der Waals surface area contributed by atoms with Gasteiger partial charge in [0.1, 0.15) is 17.7 Å². The van der Waals surface area contributed by atoms with Crippen molar-refractivity contribution in [2.24, 2.45) is 0 Å². The zero-order valence-corrected chi connectivity index (χ0v) is 15.2. The molecule has 0 unspecified atom stereocenters. The van der Waals surface area contributed by atoms with Crippen molar-refractivity contribution in [3.8, 4) is 5.75 Å². The first kappa shape index (κ1) is 17.7. The molecule has 3 fully saturated rings. The lowest BCUT2D eigenvalue weighted by molar-refractivity contribution is -0.135. The van der Waals surface area contributed by atoms with Crippen LogP contribution in [0.1, 0.15) is 32.1 Å². The second kappa shape index (κ2) is 7.92. The molecule has 0 spiro atoms. The Kier molecular flexibility index (Phi) is 5.41. The lowest BCUT2D eigenvalue weighted by atomic mass is 10.1. The fourth-order valence-corrected chi connectivity index (χ4v) is 4.48. The summed E-state index contributed by atoms with van der Waals surface area (Å²) in [5.41, 5.74) is 0. The van der Waals surface area contributed by atoms with Crippen molar-refractivity contribution in [3.05, 3.63) is 30.1 Å². The fraction of sp³-hybridized carbons (Fsp3) is 0.650. The summed E-state index contributed by atoms with van der Waals surface area (Å²) >= 11 is 0. The molecule has 26 heavy (non-hydrogen) atoms. The molecule has 0 radical (unpaired) electrons. The Hall–Kier alpha value is -1.66. The van der Waals surface area contributed by atoms with E-state index in [0.717, 1.165) is 32.2 Å². The number of piperazine rings is 1. The number of carbonyl (C=O) groups is 1. The Labute approximate surface area is 154 Å². The number of halogens is 1. The number of carbonyl (C=O) groups excluding carboxylic acids is 1. The van der Waals surface area contributed by atoms with Gasteiger partial charge in [-0.1, -0.05) is 12.8 Å². The molecule has 142 valence electrons. The number of nitrogens with zero attached hydrogens (tertiary/aromatic N) is 2. The highest BCUT2D eigenvalue weighted by Crippen LogP contribution is 2.25. The highest BCUT2D eigenvalue weighted by molar-refractivity contribution is 5.82. The Balaban J connectivity index is 1.24. The molecule has 5 nitrogen and oxygen atoms in total. The van der Waals surface area contributed by atoms with Crippen molar-refractivity contribution in [1.29, 1.82) is 0 Å². The van der Waals surface area contributed by atoms with Crippen molar-refractivity contribution >= 4 is 5.91 Å². The van der Waals surface area contributed by atoms with Crippen LogP contribution in [0.4, 0.5) is 4.39 Å². The van der Waals surface area contributed by atoms with Crippen LogP contribution in [-0.4, -0.2) is 66.6 Å². The maximum atomic E-state index is 13.0. The van der Waals surface area contributed by atoms with Crippen LogP contribution >= 0.6 is 0 Å². The van der Waals surface area contributed by atoms with Gasteiger partial charge < -0.3 is 15.0 Å². The molecule has 2 atom stereocenters. The summed E-state index contributed by atoms with van der Waals surface area (Å²) in [5.74, 6) is 0.574. The summed E-state index contributed by atoms with van der Waals surface area (Å²) in [7, 11) is 0. The Morgan fingerprint density at radius 2 is 1.77 bits per heavy atom. The number of ether oxygens (including phenoxy) is 1. The third kappa shape index (κ3) is 4.01. The third-order valence-electron chi connectivity index (χ3n) is 5.97. The van der Waals surface area contributed by atoms with Crippen molar-refractivity contribution in [2.45, 2.75) is 50.3 Å². The second-order valence-corrected chi connectivity index (χ2v) is 7.69. The van der Waals surface area contributed by atoms with Gasteiger partial charge in [-0.15, -0.1) is 0 Å². The molecule has 2 aliphatic heterocycles. The molecule has 3 aliphatic rings. The van der Waals surface area contributed by atoms with Gasteiger partial charge in [-0.25, -0.2) is 4.39 Å². The lowest BCUT2D eigenvalue weighted by Gasteiger charge is -2.38. The summed E-state index contributed by atoms with van der Waals surface area (Å²) in [5, 5.41) is 3.30. The van der Waals surface area contributed by atoms with Gasteiger partial charge in [0.15, 0.2) is 0 Å². The van der Waals surface area contributed by atoms with Gasteiger partial charge >= 0.3 is 0 Å². The van der Waals surface area contributed by atoms with Crippen LogP contribution < -0.4 is 10.1 Å². The molecular formula is C20H28FN3O2. The van der Waals surface area contributed by atoms with Gasteiger partial charge in [0.2, 0.25) is 5.91 Å². The molecule has 1 amide bonds. The lowest BCUT2D eigenvalue weighted by Crippen LogP contribution is -2.54. The van der Waals surface area contributed by atoms with Crippen LogP contribution in [0.3, 0.4) is 0 Å². The first-order valence-electron chi connectivity index (χ1n) is 9.87. The molecule has 1 aliphatic carbocycles. The van der Waals surface area contributed by atoms with Crippen molar-refractivity contribution < 1.29 is 13.9 Å². The second-order valence-electron chi connectivity index (χ2n) is 7.69. The normalized spacial score (nSPS) is 27.8. The van der Waals surface area contributed by atoms with Crippen LogP contribution in [0, 0.1) is 5.82 Å². The zero-order valence-electron chi connectivity index (χ0n) is 15.2. The minimum atomic E-state index is -0.272. The first-order chi connectivity index (χ1) is 12.7. The number of rotatable bonds is 4. The van der Waals surface area contributed by atoms with Gasteiger partial charge in [-0.3, -0.25) is 9.69 Å². The quantitative estimate of drug-likeness (QED) is 0.891. The summed E-state index contributed by atoms with van der Waals surface area (Å²) < 4.78 is 18.9. The van der Waals surface area contributed by atoms with Crippen molar-refractivity contribution in [3.63, 3.8) is 0 Å². The fourth-order valence-electron chi connectivity index (χ4n) is 4.48. The van der Waals surface area contributed by atoms with Gasteiger partial charge in [0.05, 0.1) is 6.04 Å². The van der Waals surface area contributed by atoms with Crippen LogP contribution in [0.15, 0.2) is 24.3 Å². The van der Waals surface area contributed by atoms with E-state index in [0.29, 0.717) is 18.7 Å². The first-order valence-corrected chi connectivity index (χ1v) is 9.87. The SMILES string of the molecule is O=C([C@H]1C[C@H](Oc2ccc(F)cc2)CN1)N1CCN(C2CCCC2)CC1. The van der Waals surface area contributed by atoms with E-state index in [-0.39, 0.29) is 23.9 Å². The molecule has 1 saturated carbocycles. The molecule has 4 rings (SSSR count). The highest BCUT2D eigenvalue weighted by Gasteiger charge is 2.35. The summed E-state index contributed by atoms with van der Waals surface area (Å²) in [6.07, 6.45) is 5.96. The summed E-state index contributed by atoms with van der Waals surface area (Å²) in [4.78, 5) is 17.4. The zero-order chi connectivity index (χ0) is 17.9. The molecule has 2 saturated heterocycles. The molecule has 6 heteroatoms. The maximum absolute atomic E-state index is 13.0. The highest BCUT2D eigenvalue weighted by atomic mass is 19.1. The van der Waals surface area contributed by atoms with Crippen molar-refractivity contribution in [1.82, 2.24) is 15.1 Å². The predicted octanol–water partition coefficient (Wildman–Crippen LogP) is 2.02. The van der Waals surface area contributed by atoms with Gasteiger partial charge in [0.25, 0.3) is 0 Å². The molecule has 1 N–H and O–H groups in total. The average Bonchev–Trinajstić information content (AvgIpc) is 3.35. The van der Waals surface area contributed by atoms with E-state index in [2.05, 4.69) is 10.2 Å². The monoisotopic (exact) mass is 361 g/mol. The molecule has 1 aromatic rings. The maximum Gasteiger partial charge on any atom is 0.239 e. The van der Waals surface area contributed by atoms with Crippen LogP contribution in [0.25, 0.3) is 0 Å². The topological polar surface area (TPSA) is 44.8 Å². The van der Waals surface area contributed by atoms with Gasteiger partial charge in [-0.05, 0) is 37.1 Å². The van der Waals surface area contributed by atoms with Crippen LogP contribution in [-0.2, 0) is 4.79 Å². The Morgan fingerprint density at radius 3 is 2.46 bits per heavy atom. The predicted molar refractivity (Wildman–Crippen MR) is 97.6 cm³/mol. The van der Waals surface area contributed by atoms with Gasteiger partial charge in [0, 0.05) is 45.2 Å². The summed E-state index contributed by atoms with van der Waals surface area (Å²) in [6.45, 7) is 4.31. The minimum Gasteiger partial charge on any atom is -0.489 e. The molecule has 2 heterocycles. The summed E-state index contributed by atoms with van der Waals surface area (Å²) in [6, 6.07) is 6.62. The number of hydrogen-bond acceptors (Lipinski definition) is 4. The smallest absolute Gasteiger partial charge is 0.239 e. The van der Waals surface area contributed by atoms with E-state index in [1.165, 1.54) is 37.8 Å². The molecular weight excluding hydrogens is 333 g/mol. The van der Waals surface area contributed by atoms with E-state index >= 15 is 0 Å². The molecule has 0 aromatic heterocycles. The molecule has 1 aromatic carbocycles. The standard InChI is InChI=1S/C20H28FN3O2/c21-15-5-7-17(8-6-15)26-18-13-19(22-14-18)20(25)24-11-9-23(10-12-24)16-3-1-2-4-16/h5-8,16,18-19,22H,1-4,9-14H2/t18-,19+/m0/s1. The van der Waals surface area contributed by atoms with Crippen LogP contribution in [0.2, 0.25) is 0 Å². The number of amides is 1. The number of benzene rings is 1. The third-order valence-corrected chi connectivity index (χ3v) is 5.97. The van der Waals surface area contributed by atoms with Gasteiger partial charge in [-0.2, -0.15) is 0 Å². The minimum absolute atomic E-state index is 0.0470. The van der Waals surface area contributed by atoms with E-state index in [1.54, 1.807) is 12.1 Å². The van der Waals surface area contributed by atoms with E-state index in [9.17, 15) is 9.18 Å².